The Balaban J connectivity index is 1.78. The van der Waals surface area contributed by atoms with Gasteiger partial charge in [-0.05, 0) is 57.4 Å². The summed E-state index contributed by atoms with van der Waals surface area (Å²) in [4.78, 5) is 14.0. The van der Waals surface area contributed by atoms with Gasteiger partial charge in [0.2, 0.25) is 0 Å². The van der Waals surface area contributed by atoms with Crippen molar-refractivity contribution in [1.82, 2.24) is 20.0 Å². The van der Waals surface area contributed by atoms with Crippen LogP contribution in [-0.2, 0) is 6.73 Å². The minimum Gasteiger partial charge on any atom is -0.471 e. The van der Waals surface area contributed by atoms with E-state index in [2.05, 4.69) is 15.3 Å². The molecule has 1 aromatic heterocycles. The fourth-order valence-corrected chi connectivity index (χ4v) is 2.04. The number of hydrogen-bond acceptors (Lipinski definition) is 4. The SMILES string of the molecule is CN(C)CCCNC(=O)c1ccn(COc2ccc(Cl)cc2)n1. The van der Waals surface area contributed by atoms with E-state index in [1.54, 1.807) is 41.2 Å². The van der Waals surface area contributed by atoms with Gasteiger partial charge in [0.15, 0.2) is 6.73 Å². The maximum atomic E-state index is 12.0. The van der Waals surface area contributed by atoms with Crippen LogP contribution in [0.15, 0.2) is 36.5 Å². The number of halogens is 1. The molecule has 6 nitrogen and oxygen atoms in total. The number of benzene rings is 1. The van der Waals surface area contributed by atoms with Crippen LogP contribution in [0.2, 0.25) is 5.02 Å². The van der Waals surface area contributed by atoms with Crippen LogP contribution in [0.5, 0.6) is 5.75 Å². The Bertz CT molecular complexity index is 625. The van der Waals surface area contributed by atoms with Crippen LogP contribution in [0, 0.1) is 0 Å². The second-order valence-corrected chi connectivity index (χ2v) is 5.82. The van der Waals surface area contributed by atoms with Gasteiger partial charge in [-0.1, -0.05) is 11.6 Å². The Morgan fingerprint density at radius 1 is 1.30 bits per heavy atom. The van der Waals surface area contributed by atoms with Gasteiger partial charge in [0.05, 0.1) is 0 Å². The fourth-order valence-electron chi connectivity index (χ4n) is 1.91. The highest BCUT2D eigenvalue weighted by atomic mass is 35.5. The number of rotatable bonds is 8. The first-order valence-corrected chi connectivity index (χ1v) is 7.77. The minimum absolute atomic E-state index is 0.172. The summed E-state index contributed by atoms with van der Waals surface area (Å²) in [5, 5.41) is 7.71. The molecule has 0 saturated heterocycles. The first kappa shape index (κ1) is 17.3. The van der Waals surface area contributed by atoms with E-state index in [0.717, 1.165) is 13.0 Å². The van der Waals surface area contributed by atoms with Crippen molar-refractivity contribution in [2.24, 2.45) is 0 Å². The smallest absolute Gasteiger partial charge is 0.271 e. The zero-order chi connectivity index (χ0) is 16.7. The average molecular weight is 337 g/mol. The average Bonchev–Trinajstić information content (AvgIpc) is 3.00. The zero-order valence-corrected chi connectivity index (χ0v) is 14.1. The lowest BCUT2D eigenvalue weighted by atomic mass is 10.3. The first-order valence-electron chi connectivity index (χ1n) is 7.39. The molecule has 1 amide bonds. The van der Waals surface area contributed by atoms with Crippen LogP contribution in [0.4, 0.5) is 0 Å². The molecule has 0 spiro atoms. The van der Waals surface area contributed by atoms with Crippen molar-refractivity contribution in [2.75, 3.05) is 27.2 Å². The number of aromatic nitrogens is 2. The Hall–Kier alpha value is -2.05. The van der Waals surface area contributed by atoms with Crippen molar-refractivity contribution < 1.29 is 9.53 Å². The second kappa shape index (κ2) is 8.55. The molecule has 124 valence electrons. The number of nitrogens with zero attached hydrogens (tertiary/aromatic N) is 3. The molecule has 0 unspecified atom stereocenters. The van der Waals surface area contributed by atoms with Crippen LogP contribution in [0.25, 0.3) is 0 Å². The quantitative estimate of drug-likeness (QED) is 0.751. The highest BCUT2D eigenvalue weighted by Crippen LogP contribution is 2.15. The lowest BCUT2D eigenvalue weighted by molar-refractivity contribution is 0.0945. The number of nitrogens with one attached hydrogen (secondary N) is 1. The molecule has 0 bridgehead atoms. The molecule has 0 fully saturated rings. The van der Waals surface area contributed by atoms with Gasteiger partial charge in [-0.2, -0.15) is 5.10 Å². The molecule has 7 heteroatoms. The second-order valence-electron chi connectivity index (χ2n) is 5.38. The van der Waals surface area contributed by atoms with Crippen molar-refractivity contribution in [2.45, 2.75) is 13.2 Å². The van der Waals surface area contributed by atoms with Gasteiger partial charge >= 0.3 is 0 Å². The molecule has 0 atom stereocenters. The molecular formula is C16H21ClN4O2. The topological polar surface area (TPSA) is 59.4 Å². The van der Waals surface area contributed by atoms with Crippen LogP contribution in [0.1, 0.15) is 16.9 Å². The normalized spacial score (nSPS) is 10.8. The summed E-state index contributed by atoms with van der Waals surface area (Å²) in [6.07, 6.45) is 2.61. The Morgan fingerprint density at radius 2 is 2.04 bits per heavy atom. The molecule has 0 aliphatic rings. The summed E-state index contributed by atoms with van der Waals surface area (Å²) < 4.78 is 7.14. The lowest BCUT2D eigenvalue weighted by Gasteiger charge is -2.09. The molecule has 23 heavy (non-hydrogen) atoms. The van der Waals surface area contributed by atoms with Gasteiger partial charge in [0.1, 0.15) is 11.4 Å². The lowest BCUT2D eigenvalue weighted by Crippen LogP contribution is -2.27. The fraction of sp³-hybridized carbons (Fsp3) is 0.375. The van der Waals surface area contributed by atoms with Gasteiger partial charge < -0.3 is 15.0 Å². The molecule has 2 rings (SSSR count). The summed E-state index contributed by atoms with van der Waals surface area (Å²) >= 11 is 5.82. The summed E-state index contributed by atoms with van der Waals surface area (Å²) in [5.41, 5.74) is 0.384. The minimum atomic E-state index is -0.172. The van der Waals surface area contributed by atoms with Crippen molar-refractivity contribution >= 4 is 17.5 Å². The van der Waals surface area contributed by atoms with E-state index >= 15 is 0 Å². The zero-order valence-electron chi connectivity index (χ0n) is 13.3. The van der Waals surface area contributed by atoms with Crippen LogP contribution in [-0.4, -0.2) is 47.8 Å². The number of hydrogen-bond donors (Lipinski definition) is 1. The summed E-state index contributed by atoms with van der Waals surface area (Å²) in [7, 11) is 4.01. The van der Waals surface area contributed by atoms with Crippen LogP contribution in [0.3, 0.4) is 0 Å². The van der Waals surface area contributed by atoms with E-state index in [1.807, 2.05) is 14.1 Å². The van der Waals surface area contributed by atoms with Crippen LogP contribution >= 0.6 is 11.6 Å². The third kappa shape index (κ3) is 5.92. The van der Waals surface area contributed by atoms with Gasteiger partial charge in [-0.15, -0.1) is 0 Å². The van der Waals surface area contributed by atoms with E-state index < -0.39 is 0 Å². The summed E-state index contributed by atoms with van der Waals surface area (Å²) in [6.45, 7) is 1.80. The number of ether oxygens (including phenoxy) is 1. The molecule has 0 saturated carbocycles. The maximum Gasteiger partial charge on any atom is 0.271 e. The Kier molecular flexibility index (Phi) is 6.43. The molecule has 0 aliphatic carbocycles. The summed E-state index contributed by atoms with van der Waals surface area (Å²) in [5.74, 6) is 0.522. The largest absolute Gasteiger partial charge is 0.471 e. The van der Waals surface area contributed by atoms with Gasteiger partial charge in [0, 0.05) is 17.8 Å². The maximum absolute atomic E-state index is 12.0. The van der Waals surface area contributed by atoms with Gasteiger partial charge in [-0.3, -0.25) is 4.79 Å². The van der Waals surface area contributed by atoms with E-state index in [4.69, 9.17) is 16.3 Å². The molecule has 0 aliphatic heterocycles. The molecule has 0 radical (unpaired) electrons. The predicted octanol–water partition coefficient (Wildman–Crippen LogP) is 2.25. The number of amides is 1. The molecule has 2 aromatic rings. The monoisotopic (exact) mass is 336 g/mol. The molecule has 1 aromatic carbocycles. The van der Waals surface area contributed by atoms with E-state index in [-0.39, 0.29) is 12.6 Å². The standard InChI is InChI=1S/C16H21ClN4O2/c1-20(2)10-3-9-18-16(22)15-8-11-21(19-15)12-23-14-6-4-13(17)5-7-14/h4-8,11H,3,9-10,12H2,1-2H3,(H,18,22). The molecule has 1 heterocycles. The number of carbonyl (C=O) groups excluding carboxylic acids is 1. The molecule has 1 N–H and O–H groups in total. The van der Waals surface area contributed by atoms with Crippen molar-refractivity contribution in [1.29, 1.82) is 0 Å². The van der Waals surface area contributed by atoms with Gasteiger partial charge in [-0.25, -0.2) is 4.68 Å². The Morgan fingerprint density at radius 3 is 2.74 bits per heavy atom. The van der Waals surface area contributed by atoms with Crippen molar-refractivity contribution in [3.8, 4) is 5.75 Å². The number of carbonyl (C=O) groups is 1. The van der Waals surface area contributed by atoms with Crippen molar-refractivity contribution in [3.05, 3.63) is 47.2 Å². The van der Waals surface area contributed by atoms with E-state index in [9.17, 15) is 4.79 Å². The molecular weight excluding hydrogens is 316 g/mol. The first-order chi connectivity index (χ1) is 11.0. The van der Waals surface area contributed by atoms with Crippen molar-refractivity contribution in [3.63, 3.8) is 0 Å². The van der Waals surface area contributed by atoms with Crippen LogP contribution < -0.4 is 10.1 Å². The predicted molar refractivity (Wildman–Crippen MR) is 89.8 cm³/mol. The van der Waals surface area contributed by atoms with E-state index in [1.165, 1.54) is 0 Å². The third-order valence-corrected chi connectivity index (χ3v) is 3.37. The highest BCUT2D eigenvalue weighted by molar-refractivity contribution is 6.30. The van der Waals surface area contributed by atoms with Gasteiger partial charge in [0.25, 0.3) is 5.91 Å². The summed E-state index contributed by atoms with van der Waals surface area (Å²) in [6, 6.07) is 8.75. The Labute approximate surface area is 141 Å². The third-order valence-electron chi connectivity index (χ3n) is 3.12. The highest BCUT2D eigenvalue weighted by Gasteiger charge is 2.09. The van der Waals surface area contributed by atoms with E-state index in [0.29, 0.717) is 23.0 Å².